The average molecular weight is 254 g/mol. The summed E-state index contributed by atoms with van der Waals surface area (Å²) in [6.07, 6.45) is 6.85. The Balaban J connectivity index is 1.90. The first-order chi connectivity index (χ1) is 8.61. The minimum atomic E-state index is 0.504. The van der Waals surface area contributed by atoms with Crippen LogP contribution in [0, 0.1) is 5.92 Å². The Kier molecular flexibility index (Phi) is 5.05. The first kappa shape index (κ1) is 14.3. The molecule has 1 N–H and O–H groups in total. The van der Waals surface area contributed by atoms with E-state index < -0.39 is 0 Å². The van der Waals surface area contributed by atoms with E-state index in [2.05, 4.69) is 31.1 Å². The molecule has 0 aromatic heterocycles. The summed E-state index contributed by atoms with van der Waals surface area (Å²) in [5.41, 5.74) is 0. The van der Waals surface area contributed by atoms with Gasteiger partial charge in [-0.1, -0.05) is 20.3 Å². The van der Waals surface area contributed by atoms with Gasteiger partial charge in [0, 0.05) is 31.3 Å². The Bertz CT molecular complexity index is 243. The highest BCUT2D eigenvalue weighted by Gasteiger charge is 2.36. The van der Waals surface area contributed by atoms with Gasteiger partial charge < -0.3 is 15.0 Å². The Morgan fingerprint density at radius 1 is 1.22 bits per heavy atom. The molecule has 0 saturated carbocycles. The molecule has 3 atom stereocenters. The lowest BCUT2D eigenvalue weighted by molar-refractivity contribution is 0.0384. The fourth-order valence-electron chi connectivity index (χ4n) is 3.67. The molecule has 3 unspecified atom stereocenters. The summed E-state index contributed by atoms with van der Waals surface area (Å²) in [6, 6.07) is 2.82. The van der Waals surface area contributed by atoms with E-state index in [0.717, 1.165) is 18.7 Å². The number of nitrogens with zero attached hydrogens (tertiary/aromatic N) is 1. The normalized spacial score (nSPS) is 34.8. The molecule has 0 aromatic rings. The van der Waals surface area contributed by atoms with Gasteiger partial charge in [-0.15, -0.1) is 0 Å². The van der Waals surface area contributed by atoms with Crippen molar-refractivity contribution in [1.82, 2.24) is 10.2 Å². The van der Waals surface area contributed by atoms with Crippen LogP contribution in [0.15, 0.2) is 0 Å². The van der Waals surface area contributed by atoms with Gasteiger partial charge in [0.2, 0.25) is 0 Å². The molecular weight excluding hydrogens is 224 g/mol. The highest BCUT2D eigenvalue weighted by molar-refractivity contribution is 4.94. The Morgan fingerprint density at radius 3 is 2.33 bits per heavy atom. The lowest BCUT2D eigenvalue weighted by Crippen LogP contribution is -2.57. The maximum Gasteiger partial charge on any atom is 0.0618 e. The van der Waals surface area contributed by atoms with Crippen LogP contribution in [0.3, 0.4) is 0 Å². The summed E-state index contributed by atoms with van der Waals surface area (Å²) in [7, 11) is 4.13. The quantitative estimate of drug-likeness (QED) is 0.814. The van der Waals surface area contributed by atoms with Crippen molar-refractivity contribution < 1.29 is 4.74 Å². The van der Waals surface area contributed by atoms with E-state index in [-0.39, 0.29) is 0 Å². The zero-order chi connectivity index (χ0) is 13.1. The molecular formula is C15H30N2O. The van der Waals surface area contributed by atoms with Crippen LogP contribution in [-0.4, -0.2) is 49.8 Å². The van der Waals surface area contributed by atoms with E-state index in [1.165, 1.54) is 32.1 Å². The van der Waals surface area contributed by atoms with E-state index in [1.54, 1.807) is 7.11 Å². The number of hydrogen-bond donors (Lipinski definition) is 1. The first-order valence-electron chi connectivity index (χ1n) is 7.58. The highest BCUT2D eigenvalue weighted by atomic mass is 16.5. The summed E-state index contributed by atoms with van der Waals surface area (Å²) in [4.78, 5) is 2.63. The van der Waals surface area contributed by atoms with Crippen LogP contribution in [0.25, 0.3) is 0 Å². The van der Waals surface area contributed by atoms with Crippen LogP contribution in [0.4, 0.5) is 0 Å². The first-order valence-corrected chi connectivity index (χ1v) is 7.58. The van der Waals surface area contributed by atoms with Crippen molar-refractivity contribution in [3.05, 3.63) is 0 Å². The smallest absolute Gasteiger partial charge is 0.0618 e. The van der Waals surface area contributed by atoms with Crippen molar-refractivity contribution >= 4 is 0 Å². The van der Waals surface area contributed by atoms with Gasteiger partial charge in [-0.25, -0.2) is 0 Å². The van der Waals surface area contributed by atoms with Crippen LogP contribution >= 0.6 is 0 Å². The Morgan fingerprint density at radius 2 is 1.83 bits per heavy atom. The number of fused-ring (bicyclic) bond motifs is 2. The molecule has 2 heterocycles. The van der Waals surface area contributed by atoms with Crippen LogP contribution < -0.4 is 5.32 Å². The third-order valence-corrected chi connectivity index (χ3v) is 4.94. The summed E-state index contributed by atoms with van der Waals surface area (Å²) in [5, 5.41) is 3.85. The highest BCUT2D eigenvalue weighted by Crippen LogP contribution is 2.32. The molecule has 0 radical (unpaired) electrons. The number of hydrogen-bond acceptors (Lipinski definition) is 3. The van der Waals surface area contributed by atoms with Crippen molar-refractivity contribution in [2.75, 3.05) is 20.8 Å². The van der Waals surface area contributed by atoms with E-state index in [9.17, 15) is 0 Å². The van der Waals surface area contributed by atoms with E-state index in [1.807, 2.05) is 0 Å². The van der Waals surface area contributed by atoms with Gasteiger partial charge in [-0.2, -0.15) is 0 Å². The predicted octanol–water partition coefficient (Wildman–Crippen LogP) is 2.26. The molecule has 2 aliphatic heterocycles. The number of ether oxygens (including phenoxy) is 1. The topological polar surface area (TPSA) is 24.5 Å². The van der Waals surface area contributed by atoms with Gasteiger partial charge >= 0.3 is 0 Å². The summed E-state index contributed by atoms with van der Waals surface area (Å²) >= 11 is 0. The maximum absolute atomic E-state index is 5.35. The number of rotatable bonds is 5. The zero-order valence-electron chi connectivity index (χ0n) is 12.5. The molecule has 0 spiro atoms. The molecule has 3 nitrogen and oxygen atoms in total. The minimum Gasteiger partial charge on any atom is -0.383 e. The molecule has 2 fully saturated rings. The van der Waals surface area contributed by atoms with Gasteiger partial charge in [0.25, 0.3) is 0 Å². The lowest BCUT2D eigenvalue weighted by Gasteiger charge is -2.48. The minimum absolute atomic E-state index is 0.504. The fraction of sp³-hybridized carbons (Fsp3) is 1.00. The van der Waals surface area contributed by atoms with Crippen molar-refractivity contribution in [2.45, 2.75) is 70.1 Å². The average Bonchev–Trinajstić information content (AvgIpc) is 2.29. The van der Waals surface area contributed by atoms with Gasteiger partial charge in [0.15, 0.2) is 0 Å². The Labute approximate surface area is 112 Å². The molecule has 18 heavy (non-hydrogen) atoms. The molecule has 2 aliphatic rings. The van der Waals surface area contributed by atoms with Crippen LogP contribution in [0.1, 0.15) is 46.0 Å². The number of nitrogens with one attached hydrogen (secondary N) is 1. The fourth-order valence-corrected chi connectivity index (χ4v) is 3.67. The van der Waals surface area contributed by atoms with Crippen LogP contribution in [0.2, 0.25) is 0 Å². The Hall–Kier alpha value is -0.120. The standard InChI is InChI=1S/C15H30N2O/c1-11(2)15(10-18-4)16-12-8-13-6-5-7-14(9-12)17(13)3/h11-16H,5-10H2,1-4H3. The van der Waals surface area contributed by atoms with E-state index in [4.69, 9.17) is 4.74 Å². The molecule has 0 aliphatic carbocycles. The second kappa shape index (κ2) is 6.36. The predicted molar refractivity (Wildman–Crippen MR) is 75.8 cm³/mol. The lowest BCUT2D eigenvalue weighted by atomic mass is 9.82. The van der Waals surface area contributed by atoms with Crippen molar-refractivity contribution in [3.8, 4) is 0 Å². The van der Waals surface area contributed by atoms with Gasteiger partial charge in [-0.3, -0.25) is 0 Å². The molecule has 2 rings (SSSR count). The molecule has 0 aromatic carbocycles. The second-order valence-corrected chi connectivity index (χ2v) is 6.54. The monoisotopic (exact) mass is 254 g/mol. The summed E-state index contributed by atoms with van der Waals surface area (Å²) in [5.74, 6) is 0.643. The van der Waals surface area contributed by atoms with Crippen molar-refractivity contribution in [1.29, 1.82) is 0 Å². The van der Waals surface area contributed by atoms with Gasteiger partial charge in [-0.05, 0) is 38.6 Å². The maximum atomic E-state index is 5.35. The van der Waals surface area contributed by atoms with Gasteiger partial charge in [0.05, 0.1) is 6.61 Å². The molecule has 2 saturated heterocycles. The second-order valence-electron chi connectivity index (χ2n) is 6.54. The third-order valence-electron chi connectivity index (χ3n) is 4.94. The van der Waals surface area contributed by atoms with Crippen LogP contribution in [-0.2, 0) is 4.74 Å². The number of piperidine rings is 2. The van der Waals surface area contributed by atoms with Crippen molar-refractivity contribution in [2.24, 2.45) is 5.92 Å². The SMILES string of the molecule is COCC(NC1CC2CCCC(C1)N2C)C(C)C. The van der Waals surface area contributed by atoms with E-state index >= 15 is 0 Å². The van der Waals surface area contributed by atoms with Crippen molar-refractivity contribution in [3.63, 3.8) is 0 Å². The third kappa shape index (κ3) is 3.25. The van der Waals surface area contributed by atoms with Gasteiger partial charge in [0.1, 0.15) is 0 Å². The molecule has 0 amide bonds. The molecule has 3 heteroatoms. The largest absolute Gasteiger partial charge is 0.383 e. The summed E-state index contributed by atoms with van der Waals surface area (Å²) in [6.45, 7) is 5.40. The molecule has 2 bridgehead atoms. The number of methoxy groups -OCH3 is 1. The molecule has 106 valence electrons. The van der Waals surface area contributed by atoms with Crippen LogP contribution in [0.5, 0.6) is 0 Å². The zero-order valence-corrected chi connectivity index (χ0v) is 12.5. The van der Waals surface area contributed by atoms with E-state index in [0.29, 0.717) is 18.0 Å². The summed E-state index contributed by atoms with van der Waals surface area (Å²) < 4.78 is 5.35.